The van der Waals surface area contributed by atoms with Crippen molar-refractivity contribution in [1.82, 2.24) is 5.16 Å². The lowest BCUT2D eigenvalue weighted by atomic mass is 9.83. The van der Waals surface area contributed by atoms with Crippen molar-refractivity contribution in [3.63, 3.8) is 0 Å². The van der Waals surface area contributed by atoms with Crippen LogP contribution in [0.5, 0.6) is 0 Å². The molecular weight excluding hydrogens is 356 g/mol. The first-order valence-electron chi connectivity index (χ1n) is 7.73. The second kappa shape index (κ2) is 5.93. The molecule has 0 spiro atoms. The minimum atomic E-state index is -0.551. The lowest BCUT2D eigenvalue weighted by Gasteiger charge is -2.19. The van der Waals surface area contributed by atoms with Crippen LogP contribution < -0.4 is 5.32 Å². The maximum atomic E-state index is 12.8. The first-order valence-corrected chi connectivity index (χ1v) is 8.11. The molecule has 6 nitrogen and oxygen atoms in total. The number of aromatic nitrogens is 1. The molecule has 4 rings (SSSR count). The van der Waals surface area contributed by atoms with Crippen LogP contribution in [0.2, 0.25) is 5.02 Å². The fourth-order valence-corrected chi connectivity index (χ4v) is 3.27. The normalized spacial score (nSPS) is 12.5. The van der Waals surface area contributed by atoms with Gasteiger partial charge >= 0.3 is 0 Å². The zero-order valence-corrected chi connectivity index (χ0v) is 14.3. The summed E-state index contributed by atoms with van der Waals surface area (Å²) in [4.78, 5) is 38.0. The molecule has 0 atom stereocenters. The van der Waals surface area contributed by atoms with Crippen molar-refractivity contribution in [2.45, 2.75) is 6.92 Å². The Kier molecular flexibility index (Phi) is 3.70. The number of nitrogens with one attached hydrogen (secondary N) is 1. The number of benzene rings is 2. The van der Waals surface area contributed by atoms with Gasteiger partial charge in [0.15, 0.2) is 17.4 Å². The summed E-state index contributed by atoms with van der Waals surface area (Å²) in [6.45, 7) is 1.69. The predicted octanol–water partition coefficient (Wildman–Crippen LogP) is 3.66. The molecule has 1 heterocycles. The number of ketones is 2. The SMILES string of the molecule is Cc1cc(NC(=O)c2ccc3c(c2Cl)C(=O)c2ccccc2C3=O)no1. The number of amides is 1. The van der Waals surface area contributed by atoms with Crippen LogP contribution in [0.4, 0.5) is 5.82 Å². The van der Waals surface area contributed by atoms with Crippen molar-refractivity contribution in [3.05, 3.63) is 81.1 Å². The molecule has 1 amide bonds. The number of hydrogen-bond acceptors (Lipinski definition) is 5. The molecule has 26 heavy (non-hydrogen) atoms. The van der Waals surface area contributed by atoms with Crippen LogP contribution in [0.3, 0.4) is 0 Å². The zero-order chi connectivity index (χ0) is 18.4. The van der Waals surface area contributed by atoms with Gasteiger partial charge in [-0.2, -0.15) is 0 Å². The molecule has 0 aliphatic heterocycles. The molecule has 0 saturated carbocycles. The highest BCUT2D eigenvalue weighted by Gasteiger charge is 2.33. The second-order valence-electron chi connectivity index (χ2n) is 5.83. The number of rotatable bonds is 2. The summed E-state index contributed by atoms with van der Waals surface area (Å²) in [5.74, 6) is -0.461. The molecule has 0 fully saturated rings. The van der Waals surface area contributed by atoms with Crippen molar-refractivity contribution in [3.8, 4) is 0 Å². The molecule has 0 unspecified atom stereocenters. The number of nitrogens with zero attached hydrogens (tertiary/aromatic N) is 1. The van der Waals surface area contributed by atoms with Crippen LogP contribution in [0.15, 0.2) is 47.0 Å². The number of aryl methyl sites for hydroxylation is 1. The summed E-state index contributed by atoms with van der Waals surface area (Å²) in [7, 11) is 0. The van der Waals surface area contributed by atoms with Crippen molar-refractivity contribution >= 4 is 34.9 Å². The maximum absolute atomic E-state index is 12.8. The van der Waals surface area contributed by atoms with E-state index in [0.717, 1.165) is 0 Å². The highest BCUT2D eigenvalue weighted by Crippen LogP contribution is 2.34. The molecule has 7 heteroatoms. The van der Waals surface area contributed by atoms with E-state index in [0.29, 0.717) is 11.3 Å². The van der Waals surface area contributed by atoms with E-state index >= 15 is 0 Å². The Balaban J connectivity index is 1.78. The molecule has 0 saturated heterocycles. The summed E-state index contributed by atoms with van der Waals surface area (Å²) in [6, 6.07) is 10.9. The third-order valence-electron chi connectivity index (χ3n) is 4.14. The lowest BCUT2D eigenvalue weighted by molar-refractivity contribution is 0.0978. The number of hydrogen-bond donors (Lipinski definition) is 1. The summed E-state index contributed by atoms with van der Waals surface area (Å²) >= 11 is 6.34. The molecule has 1 aliphatic rings. The molecule has 3 aromatic rings. The van der Waals surface area contributed by atoms with Gasteiger partial charge in [-0.1, -0.05) is 41.0 Å². The van der Waals surface area contributed by atoms with Crippen molar-refractivity contribution in [1.29, 1.82) is 0 Å². The van der Waals surface area contributed by atoms with Crippen LogP contribution in [0.25, 0.3) is 0 Å². The third-order valence-corrected chi connectivity index (χ3v) is 4.54. The highest BCUT2D eigenvalue weighted by atomic mass is 35.5. The third kappa shape index (κ3) is 2.43. The minimum absolute atomic E-state index is 0.0411. The summed E-state index contributed by atoms with van der Waals surface area (Å²) < 4.78 is 4.90. The Hall–Kier alpha value is -3.25. The van der Waals surface area contributed by atoms with Gasteiger partial charge in [0.2, 0.25) is 0 Å². The van der Waals surface area contributed by atoms with E-state index in [2.05, 4.69) is 10.5 Å². The Morgan fingerprint density at radius 1 is 1.04 bits per heavy atom. The minimum Gasteiger partial charge on any atom is -0.360 e. The van der Waals surface area contributed by atoms with Gasteiger partial charge in [0, 0.05) is 22.8 Å². The van der Waals surface area contributed by atoms with E-state index in [4.69, 9.17) is 16.1 Å². The standard InChI is InChI=1S/C19H11ClN2O4/c1-9-8-14(22-26-9)21-19(25)13-7-6-12-15(16(13)20)18(24)11-5-3-2-4-10(11)17(12)23/h2-8H,1H3,(H,21,22,25). The molecule has 0 radical (unpaired) electrons. The lowest BCUT2D eigenvalue weighted by Crippen LogP contribution is -2.23. The number of halogens is 1. The Morgan fingerprint density at radius 3 is 2.38 bits per heavy atom. The Morgan fingerprint density at radius 2 is 1.73 bits per heavy atom. The quantitative estimate of drug-likeness (QED) is 0.584. The van der Waals surface area contributed by atoms with Crippen LogP contribution >= 0.6 is 11.6 Å². The zero-order valence-electron chi connectivity index (χ0n) is 13.5. The molecular formula is C19H11ClN2O4. The summed E-state index contributed by atoms with van der Waals surface area (Å²) in [5.41, 5.74) is 0.909. The van der Waals surface area contributed by atoms with Gasteiger partial charge < -0.3 is 9.84 Å². The molecule has 128 valence electrons. The van der Waals surface area contributed by atoms with Gasteiger partial charge in [-0.15, -0.1) is 0 Å². The van der Waals surface area contributed by atoms with E-state index in [-0.39, 0.29) is 44.7 Å². The van der Waals surface area contributed by atoms with E-state index in [1.54, 1.807) is 37.3 Å². The molecule has 0 bridgehead atoms. The molecule has 1 aliphatic carbocycles. The van der Waals surface area contributed by atoms with Gasteiger partial charge in [-0.3, -0.25) is 14.4 Å². The van der Waals surface area contributed by atoms with Gasteiger partial charge in [0.05, 0.1) is 16.1 Å². The van der Waals surface area contributed by atoms with Crippen LogP contribution in [0.1, 0.15) is 48.0 Å². The van der Waals surface area contributed by atoms with Crippen molar-refractivity contribution in [2.75, 3.05) is 5.32 Å². The summed E-state index contributed by atoms with van der Waals surface area (Å²) in [6.07, 6.45) is 0. The fraction of sp³-hybridized carbons (Fsp3) is 0.0526. The average molecular weight is 367 g/mol. The molecule has 1 N–H and O–H groups in total. The van der Waals surface area contributed by atoms with Gasteiger partial charge in [-0.05, 0) is 19.1 Å². The number of carbonyl (C=O) groups excluding carboxylic acids is 3. The van der Waals surface area contributed by atoms with E-state index in [1.807, 2.05) is 0 Å². The summed E-state index contributed by atoms with van der Waals surface area (Å²) in [5, 5.41) is 6.17. The number of carbonyl (C=O) groups is 3. The second-order valence-corrected chi connectivity index (χ2v) is 6.21. The number of fused-ring (bicyclic) bond motifs is 2. The first-order chi connectivity index (χ1) is 12.5. The average Bonchev–Trinajstić information content (AvgIpc) is 3.04. The largest absolute Gasteiger partial charge is 0.360 e. The van der Waals surface area contributed by atoms with E-state index in [9.17, 15) is 14.4 Å². The van der Waals surface area contributed by atoms with Crippen LogP contribution in [-0.4, -0.2) is 22.6 Å². The highest BCUT2D eigenvalue weighted by molar-refractivity contribution is 6.41. The van der Waals surface area contributed by atoms with Crippen LogP contribution in [0, 0.1) is 6.92 Å². The molecule has 2 aromatic carbocycles. The van der Waals surface area contributed by atoms with Gasteiger partial charge in [0.1, 0.15) is 5.76 Å². The topological polar surface area (TPSA) is 89.3 Å². The van der Waals surface area contributed by atoms with Crippen molar-refractivity contribution in [2.24, 2.45) is 0 Å². The van der Waals surface area contributed by atoms with Gasteiger partial charge in [0.25, 0.3) is 5.91 Å². The smallest absolute Gasteiger partial charge is 0.258 e. The Bertz CT molecular complexity index is 1100. The maximum Gasteiger partial charge on any atom is 0.258 e. The fourth-order valence-electron chi connectivity index (χ4n) is 2.93. The monoisotopic (exact) mass is 366 g/mol. The number of anilines is 1. The predicted molar refractivity (Wildman–Crippen MR) is 94.0 cm³/mol. The van der Waals surface area contributed by atoms with Gasteiger partial charge in [-0.25, -0.2) is 0 Å². The molecule has 1 aromatic heterocycles. The van der Waals surface area contributed by atoms with Crippen LogP contribution in [-0.2, 0) is 0 Å². The van der Waals surface area contributed by atoms with E-state index in [1.165, 1.54) is 12.1 Å². The Labute approximate surface area is 152 Å². The van der Waals surface area contributed by atoms with E-state index < -0.39 is 5.91 Å². The van der Waals surface area contributed by atoms with Crippen molar-refractivity contribution < 1.29 is 18.9 Å². The first kappa shape index (κ1) is 16.2.